The quantitative estimate of drug-likeness (QED) is 0.677. The van der Waals surface area contributed by atoms with E-state index in [4.69, 9.17) is 0 Å². The van der Waals surface area contributed by atoms with Gasteiger partial charge >= 0.3 is 5.97 Å². The first-order valence-corrected chi connectivity index (χ1v) is 7.38. The van der Waals surface area contributed by atoms with Crippen molar-refractivity contribution in [3.8, 4) is 0 Å². The second-order valence-corrected chi connectivity index (χ2v) is 6.12. The van der Waals surface area contributed by atoms with Gasteiger partial charge in [0.1, 0.15) is 10.3 Å². The molecule has 1 fully saturated rings. The number of hydrogen-bond acceptors (Lipinski definition) is 3. The van der Waals surface area contributed by atoms with Crippen molar-refractivity contribution in [2.45, 2.75) is 24.9 Å². The molecule has 0 bridgehead atoms. The van der Waals surface area contributed by atoms with Crippen LogP contribution in [0, 0.1) is 0 Å². The Hall–Kier alpha value is -1.89. The van der Waals surface area contributed by atoms with Crippen LogP contribution in [0.2, 0.25) is 0 Å². The zero-order chi connectivity index (χ0) is 15.1. The van der Waals surface area contributed by atoms with Crippen molar-refractivity contribution in [2.24, 2.45) is 0 Å². The summed E-state index contributed by atoms with van der Waals surface area (Å²) < 4.78 is 2.59. The molecule has 7 heteroatoms. The number of fused-ring (bicyclic) bond motifs is 1. The molecule has 0 saturated heterocycles. The lowest BCUT2D eigenvalue weighted by Gasteiger charge is -2.40. The highest BCUT2D eigenvalue weighted by atomic mass is 79.9. The summed E-state index contributed by atoms with van der Waals surface area (Å²) in [4.78, 5) is 28.2. The van der Waals surface area contributed by atoms with Gasteiger partial charge in [0.2, 0.25) is 6.41 Å². The highest BCUT2D eigenvalue weighted by Crippen LogP contribution is 2.38. The molecule has 0 atom stereocenters. The Morgan fingerprint density at radius 2 is 2.24 bits per heavy atom. The van der Waals surface area contributed by atoms with Crippen LogP contribution < -0.4 is 0 Å². The summed E-state index contributed by atoms with van der Waals surface area (Å²) in [5.41, 5.74) is 0.927. The van der Waals surface area contributed by atoms with Gasteiger partial charge in [-0.05, 0) is 40.9 Å². The first-order valence-electron chi connectivity index (χ1n) is 6.59. The summed E-state index contributed by atoms with van der Waals surface area (Å²) in [6.07, 6.45) is 4.10. The third-order valence-electron chi connectivity index (χ3n) is 4.10. The minimum Gasteiger partial charge on any atom is -0.478 e. The van der Waals surface area contributed by atoms with E-state index < -0.39 is 5.97 Å². The van der Waals surface area contributed by atoms with Crippen LogP contribution in [0.4, 0.5) is 0 Å². The average Bonchev–Trinajstić information content (AvgIpc) is 2.76. The van der Waals surface area contributed by atoms with Crippen molar-refractivity contribution in [3.63, 3.8) is 0 Å². The molecule has 0 unspecified atom stereocenters. The smallest absolute Gasteiger partial charge is 0.337 e. The van der Waals surface area contributed by atoms with E-state index in [1.54, 1.807) is 30.3 Å². The zero-order valence-corrected chi connectivity index (χ0v) is 12.9. The summed E-state index contributed by atoms with van der Waals surface area (Å²) in [5.74, 6) is -0.955. The number of nitrogens with zero attached hydrogens (tertiary/aromatic N) is 3. The van der Waals surface area contributed by atoms with E-state index >= 15 is 0 Å². The highest BCUT2D eigenvalue weighted by Gasteiger charge is 2.34. The summed E-state index contributed by atoms with van der Waals surface area (Å²) in [6, 6.07) is 3.89. The molecule has 2 aromatic rings. The maximum atomic E-state index is 11.4. The molecule has 1 aliphatic rings. The van der Waals surface area contributed by atoms with Crippen LogP contribution in [0.1, 0.15) is 29.2 Å². The zero-order valence-electron chi connectivity index (χ0n) is 11.4. The first kappa shape index (κ1) is 14.1. The second kappa shape index (κ2) is 5.14. The molecule has 0 aliphatic heterocycles. The molecular formula is C14H14BrN3O3. The molecule has 3 rings (SSSR count). The Morgan fingerprint density at radius 1 is 1.52 bits per heavy atom. The molecule has 0 radical (unpaired) electrons. The third kappa shape index (κ3) is 2.31. The topological polar surface area (TPSA) is 75.4 Å². The molecule has 1 aliphatic carbocycles. The lowest BCUT2D eigenvalue weighted by atomic mass is 9.86. The number of aromatic nitrogens is 2. The van der Waals surface area contributed by atoms with Gasteiger partial charge in [0.15, 0.2) is 0 Å². The van der Waals surface area contributed by atoms with E-state index in [9.17, 15) is 14.7 Å². The molecule has 110 valence electrons. The van der Waals surface area contributed by atoms with Gasteiger partial charge in [0, 0.05) is 30.7 Å². The fourth-order valence-electron chi connectivity index (χ4n) is 2.76. The molecule has 2 aromatic heterocycles. The normalized spacial score (nSPS) is 21.0. The lowest BCUT2D eigenvalue weighted by Crippen LogP contribution is -2.42. The van der Waals surface area contributed by atoms with Gasteiger partial charge < -0.3 is 14.6 Å². The average molecular weight is 352 g/mol. The van der Waals surface area contributed by atoms with Gasteiger partial charge in [-0.15, -0.1) is 0 Å². The summed E-state index contributed by atoms with van der Waals surface area (Å²) in [7, 11) is 1.76. The Kier molecular flexibility index (Phi) is 3.44. The number of rotatable bonds is 4. The molecule has 6 nitrogen and oxygen atoms in total. The molecule has 1 N–H and O–H groups in total. The van der Waals surface area contributed by atoms with E-state index in [0.29, 0.717) is 15.6 Å². The van der Waals surface area contributed by atoms with Gasteiger partial charge in [0.25, 0.3) is 0 Å². The fraction of sp³-hybridized carbons (Fsp3) is 0.357. The van der Waals surface area contributed by atoms with Gasteiger partial charge in [0.05, 0.1) is 5.56 Å². The van der Waals surface area contributed by atoms with Crippen molar-refractivity contribution in [1.82, 2.24) is 14.5 Å². The van der Waals surface area contributed by atoms with Crippen LogP contribution in [0.3, 0.4) is 0 Å². The van der Waals surface area contributed by atoms with E-state index in [1.165, 1.54) is 0 Å². The fourth-order valence-corrected chi connectivity index (χ4v) is 3.06. The number of halogens is 1. The van der Waals surface area contributed by atoms with Crippen molar-refractivity contribution in [3.05, 3.63) is 28.5 Å². The molecule has 2 heterocycles. The molecule has 0 spiro atoms. The Bertz CT molecular complexity index is 722. The van der Waals surface area contributed by atoms with Crippen molar-refractivity contribution in [1.29, 1.82) is 0 Å². The number of carbonyl (C=O) groups excluding carboxylic acids is 1. The van der Waals surface area contributed by atoms with E-state index in [1.807, 2.05) is 4.57 Å². The molecule has 0 aromatic carbocycles. The van der Waals surface area contributed by atoms with Crippen molar-refractivity contribution in [2.75, 3.05) is 7.05 Å². The minimum absolute atomic E-state index is 0.176. The van der Waals surface area contributed by atoms with Gasteiger partial charge in [-0.25, -0.2) is 9.78 Å². The van der Waals surface area contributed by atoms with Gasteiger partial charge in [-0.1, -0.05) is 0 Å². The first-order chi connectivity index (χ1) is 10.0. The van der Waals surface area contributed by atoms with Crippen LogP contribution >= 0.6 is 15.9 Å². The number of amides is 1. The van der Waals surface area contributed by atoms with E-state index in [2.05, 4.69) is 20.9 Å². The number of aromatic carboxylic acids is 1. The standard InChI is InChI=1S/C14H14BrN3O3/c1-17(7-19)8-4-9(5-8)18-6-11(14(20)21)10-2-3-12(15)16-13(10)18/h2-3,6-9H,4-5H2,1H3,(H,20,21)/t8-,9+. The van der Waals surface area contributed by atoms with Crippen molar-refractivity contribution < 1.29 is 14.7 Å². The Labute approximate surface area is 129 Å². The Morgan fingerprint density at radius 3 is 2.86 bits per heavy atom. The summed E-state index contributed by atoms with van der Waals surface area (Å²) in [5, 5.41) is 9.95. The SMILES string of the molecule is CN(C=O)[C@H]1C[C@@H](n2cc(C(=O)O)c3ccc(Br)nc32)C1. The van der Waals surface area contributed by atoms with Crippen molar-refractivity contribution >= 4 is 39.3 Å². The summed E-state index contributed by atoms with van der Waals surface area (Å²) >= 11 is 3.32. The molecular weight excluding hydrogens is 338 g/mol. The maximum absolute atomic E-state index is 11.4. The molecule has 21 heavy (non-hydrogen) atoms. The predicted octanol–water partition coefficient (Wildman–Crippen LogP) is 2.29. The van der Waals surface area contributed by atoms with Crippen LogP contribution in [-0.2, 0) is 4.79 Å². The van der Waals surface area contributed by atoms with Gasteiger partial charge in [-0.2, -0.15) is 0 Å². The second-order valence-electron chi connectivity index (χ2n) is 5.31. The number of pyridine rings is 1. The summed E-state index contributed by atoms with van der Waals surface area (Å²) in [6.45, 7) is 0. The Balaban J connectivity index is 1.98. The largest absolute Gasteiger partial charge is 0.478 e. The van der Waals surface area contributed by atoms with Gasteiger partial charge in [-0.3, -0.25) is 4.79 Å². The highest BCUT2D eigenvalue weighted by molar-refractivity contribution is 9.10. The lowest BCUT2D eigenvalue weighted by molar-refractivity contribution is -0.120. The van der Waals surface area contributed by atoms with Crippen LogP contribution in [0.5, 0.6) is 0 Å². The van der Waals surface area contributed by atoms with Crippen LogP contribution in [0.25, 0.3) is 11.0 Å². The number of hydrogen-bond donors (Lipinski definition) is 1. The van der Waals surface area contributed by atoms with E-state index in [-0.39, 0.29) is 17.6 Å². The molecule has 1 saturated carbocycles. The van der Waals surface area contributed by atoms with Crippen LogP contribution in [0.15, 0.2) is 22.9 Å². The maximum Gasteiger partial charge on any atom is 0.337 e. The third-order valence-corrected chi connectivity index (χ3v) is 4.54. The minimum atomic E-state index is -0.955. The van der Waals surface area contributed by atoms with Crippen LogP contribution in [-0.4, -0.2) is 45.0 Å². The monoisotopic (exact) mass is 351 g/mol. The predicted molar refractivity (Wildman–Crippen MR) is 80.3 cm³/mol. The number of carboxylic acids is 1. The number of carboxylic acid groups (broad SMARTS) is 1. The number of carbonyl (C=O) groups is 2. The molecule has 1 amide bonds. The van der Waals surface area contributed by atoms with E-state index in [0.717, 1.165) is 19.3 Å².